The van der Waals surface area contributed by atoms with E-state index in [9.17, 15) is 8.22 Å². The van der Waals surface area contributed by atoms with E-state index in [1.54, 1.807) is 42.5 Å². The molecule has 0 aliphatic heterocycles. The quantitative estimate of drug-likeness (QED) is 0.183. The first kappa shape index (κ1) is 17.3. The summed E-state index contributed by atoms with van der Waals surface area (Å²) in [4.78, 5) is 0. The Balaban J connectivity index is 1.38. The van der Waals surface area contributed by atoms with Gasteiger partial charge in [0.2, 0.25) is 0 Å². The Hall–Kier alpha value is -5.86. The summed E-state index contributed by atoms with van der Waals surface area (Å²) < 4.78 is 130. The monoisotopic (exact) mass is 630 g/mol. The molecule has 9 rings (SSSR count). The van der Waals surface area contributed by atoms with Crippen LogP contribution in [-0.2, 0) is 5.41 Å². The Bertz CT molecular complexity index is 3400. The van der Waals surface area contributed by atoms with Crippen molar-refractivity contribution < 1.29 is 19.2 Å². The van der Waals surface area contributed by atoms with E-state index in [0.29, 0.717) is 11.4 Å². The summed E-state index contributed by atoms with van der Waals surface area (Å²) >= 11 is 0. The van der Waals surface area contributed by atoms with Crippen LogP contribution in [0.2, 0.25) is 0 Å². The summed E-state index contributed by atoms with van der Waals surface area (Å²) in [7, 11) is 0. The average molecular weight is 631 g/mol. The van der Waals surface area contributed by atoms with Crippen molar-refractivity contribution in [1.29, 1.82) is 0 Å². The summed E-state index contributed by atoms with van der Waals surface area (Å²) in [6.45, 7) is 6.39. The lowest BCUT2D eigenvalue weighted by Crippen LogP contribution is -2.10. The number of nitrogens with zero attached hydrogens (tertiary/aromatic N) is 2. The highest BCUT2D eigenvalue weighted by molar-refractivity contribution is 6.12. The van der Waals surface area contributed by atoms with E-state index in [0.717, 1.165) is 16.7 Å². The zero-order chi connectivity index (χ0) is 44.6. The molecular formula is C46H36N2. The molecule has 9 aromatic rings. The highest BCUT2D eigenvalue weighted by Gasteiger charge is 2.17. The largest absolute Gasteiger partial charge is 0.309 e. The molecule has 0 saturated heterocycles. The molecule has 0 amide bonds. The number of aromatic nitrogens is 2. The fourth-order valence-corrected chi connectivity index (χ4v) is 6.34. The summed E-state index contributed by atoms with van der Waals surface area (Å²) in [5.41, 5.74) is 2.72. The van der Waals surface area contributed by atoms with Crippen LogP contribution in [-0.4, -0.2) is 9.13 Å². The number of para-hydroxylation sites is 3. The van der Waals surface area contributed by atoms with E-state index in [1.165, 1.54) is 9.13 Å². The number of hydrogen-bond donors (Lipinski definition) is 0. The second-order valence-corrected chi connectivity index (χ2v) is 12.8. The van der Waals surface area contributed by atoms with Crippen molar-refractivity contribution in [1.82, 2.24) is 9.13 Å². The summed E-state index contributed by atoms with van der Waals surface area (Å²) in [6, 6.07) is 16.5. The van der Waals surface area contributed by atoms with Crippen LogP contribution < -0.4 is 0 Å². The van der Waals surface area contributed by atoms with E-state index in [1.807, 2.05) is 24.3 Å². The van der Waals surface area contributed by atoms with Gasteiger partial charge >= 0.3 is 0 Å². The number of benzene rings is 7. The molecule has 7 aromatic carbocycles. The van der Waals surface area contributed by atoms with Gasteiger partial charge in [-0.05, 0) is 93.8 Å². The van der Waals surface area contributed by atoms with Crippen LogP contribution in [0.1, 0.15) is 45.5 Å². The molecular weight excluding hydrogens is 581 g/mol. The van der Waals surface area contributed by atoms with Crippen molar-refractivity contribution in [2.24, 2.45) is 0 Å². The van der Waals surface area contributed by atoms with E-state index < -0.39 is 95.7 Å². The zero-order valence-corrected chi connectivity index (χ0v) is 26.4. The fraction of sp³-hybridized carbons (Fsp3) is 0.0870. The first-order chi connectivity index (χ1) is 29.3. The van der Waals surface area contributed by atoms with Gasteiger partial charge in [-0.1, -0.05) is 124 Å². The minimum Gasteiger partial charge on any atom is -0.309 e. The molecule has 0 N–H and O–H groups in total. The van der Waals surface area contributed by atoms with Crippen molar-refractivity contribution in [2.45, 2.75) is 26.2 Å². The molecule has 0 atom stereocenters. The first-order valence-electron chi connectivity index (χ1n) is 22.6. The molecule has 0 fully saturated rings. The summed E-state index contributed by atoms with van der Waals surface area (Å²) in [5, 5.41) is -0.439. The van der Waals surface area contributed by atoms with Crippen LogP contribution >= 0.6 is 0 Å². The molecule has 230 valence electrons. The first-order valence-corrected chi connectivity index (χ1v) is 15.6. The van der Waals surface area contributed by atoms with Gasteiger partial charge in [-0.25, -0.2) is 0 Å². The number of rotatable bonds is 4. The van der Waals surface area contributed by atoms with Gasteiger partial charge in [0, 0.05) is 32.9 Å². The molecule has 0 aliphatic rings. The molecule has 0 spiro atoms. The lowest BCUT2D eigenvalue weighted by Gasteiger charge is -2.19. The Kier molecular flexibility index (Phi) is 3.92. The molecule has 2 nitrogen and oxygen atoms in total. The van der Waals surface area contributed by atoms with E-state index in [-0.39, 0.29) is 49.0 Å². The highest BCUT2D eigenvalue weighted by Crippen LogP contribution is 2.38. The topological polar surface area (TPSA) is 9.86 Å². The van der Waals surface area contributed by atoms with E-state index in [4.69, 9.17) is 11.0 Å². The van der Waals surface area contributed by atoms with Gasteiger partial charge in [0.1, 0.15) is 0 Å². The molecule has 2 heterocycles. The van der Waals surface area contributed by atoms with Crippen LogP contribution in [0.4, 0.5) is 0 Å². The summed E-state index contributed by atoms with van der Waals surface area (Å²) in [5.74, 6) is 0. The van der Waals surface area contributed by atoms with Crippen LogP contribution in [0.25, 0.3) is 77.2 Å². The van der Waals surface area contributed by atoms with Crippen molar-refractivity contribution in [3.8, 4) is 33.6 Å². The predicted octanol–water partition coefficient (Wildman–Crippen LogP) is 12.5. The molecule has 0 bridgehead atoms. The van der Waals surface area contributed by atoms with Gasteiger partial charge in [0.05, 0.1) is 41.3 Å². The fourth-order valence-electron chi connectivity index (χ4n) is 6.34. The van der Waals surface area contributed by atoms with Gasteiger partial charge < -0.3 is 9.13 Å². The Morgan fingerprint density at radius 3 is 1.35 bits per heavy atom. The zero-order valence-electron chi connectivity index (χ0n) is 40.4. The van der Waals surface area contributed by atoms with Gasteiger partial charge in [-0.3, -0.25) is 0 Å². The van der Waals surface area contributed by atoms with E-state index >= 15 is 0 Å². The third-order valence-electron chi connectivity index (χ3n) is 8.79. The van der Waals surface area contributed by atoms with Crippen molar-refractivity contribution in [2.75, 3.05) is 0 Å². The minimum atomic E-state index is -0.605. The van der Waals surface area contributed by atoms with Gasteiger partial charge in [-0.15, -0.1) is 0 Å². The standard InChI is InChI=1S/C46H36N2/c1-46(2,3)35-23-17-31(18-24-35)32-19-25-37(26-20-32)48-43-16-10-8-14-39(43)41-30-34(22-28-45(41)48)33-21-27-44-40(29-33)38-13-7-9-15-42(38)47(44)36-11-5-4-6-12-36/h4-30H,1-3H3/i7D,8D,9D,10D,13D,14D,15D,16D,21D,22D,27D,28D,29D,30D. The molecule has 0 radical (unpaired) electrons. The Morgan fingerprint density at radius 2 is 0.854 bits per heavy atom. The molecule has 0 saturated carbocycles. The smallest absolute Gasteiger partial charge is 0.0645 e. The maximum atomic E-state index is 9.76. The molecule has 0 unspecified atom stereocenters. The molecule has 2 aromatic heterocycles. The summed E-state index contributed by atoms with van der Waals surface area (Å²) in [6.07, 6.45) is 0. The van der Waals surface area contributed by atoms with Crippen LogP contribution in [0, 0.1) is 0 Å². The average Bonchev–Trinajstić information content (AvgIpc) is 3.82. The number of fused-ring (bicyclic) bond motifs is 6. The molecule has 0 aliphatic carbocycles. The lowest BCUT2D eigenvalue weighted by atomic mass is 9.86. The highest BCUT2D eigenvalue weighted by atomic mass is 15.0. The van der Waals surface area contributed by atoms with Crippen LogP contribution in [0.15, 0.2) is 163 Å². The molecule has 48 heavy (non-hydrogen) atoms. The van der Waals surface area contributed by atoms with Gasteiger partial charge in [-0.2, -0.15) is 0 Å². The lowest BCUT2D eigenvalue weighted by molar-refractivity contribution is 0.590. The number of hydrogen-bond acceptors (Lipinski definition) is 0. The Morgan fingerprint density at radius 1 is 0.417 bits per heavy atom. The van der Waals surface area contributed by atoms with Gasteiger partial charge in [0.25, 0.3) is 0 Å². The minimum absolute atomic E-state index is 0.0309. The van der Waals surface area contributed by atoms with Crippen LogP contribution in [0.5, 0.6) is 0 Å². The normalized spacial score (nSPS) is 16.1. The second-order valence-electron chi connectivity index (χ2n) is 12.8. The van der Waals surface area contributed by atoms with Crippen molar-refractivity contribution >= 4 is 43.6 Å². The van der Waals surface area contributed by atoms with Crippen molar-refractivity contribution in [3.05, 3.63) is 169 Å². The maximum Gasteiger partial charge on any atom is 0.0645 e. The molecule has 2 heteroatoms. The third-order valence-corrected chi connectivity index (χ3v) is 8.79. The second kappa shape index (κ2) is 10.9. The Labute approximate surface area is 300 Å². The van der Waals surface area contributed by atoms with Crippen LogP contribution in [0.3, 0.4) is 0 Å². The SMILES string of the molecule is [2H]c1c([2H])c([2H])c2c(c1[2H])c1c([2H])c(-c3c([2H])c([2H])c4c(c3[2H])c3c([2H])c([2H])c([2H])c([2H])c3n4-c3ccc(-c4ccc(C(C)(C)C)cc4)cc3)c([2H])c([2H])c1n2-c1ccccc1. The third kappa shape index (κ3) is 4.56. The van der Waals surface area contributed by atoms with Gasteiger partial charge in [0.15, 0.2) is 0 Å². The predicted molar refractivity (Wildman–Crippen MR) is 205 cm³/mol. The van der Waals surface area contributed by atoms with E-state index in [2.05, 4.69) is 32.9 Å². The van der Waals surface area contributed by atoms with Crippen molar-refractivity contribution in [3.63, 3.8) is 0 Å². The maximum absolute atomic E-state index is 9.76.